The number of ether oxygens (including phenoxy) is 1. The van der Waals surface area contributed by atoms with Crippen molar-refractivity contribution < 1.29 is 49.4 Å². The number of aliphatic hydroxyl groups is 1. The van der Waals surface area contributed by atoms with Gasteiger partial charge in [0, 0.05) is 21.8 Å². The fourth-order valence-corrected chi connectivity index (χ4v) is 3.28. The molecule has 1 aromatic heterocycles. The molecule has 1 N–H and O–H groups in total. The Hall–Kier alpha value is -2.47. The third kappa shape index (κ3) is 4.01. The van der Waals surface area contributed by atoms with Gasteiger partial charge in [-0.1, -0.05) is 36.4 Å². The van der Waals surface area contributed by atoms with E-state index in [0.29, 0.717) is 11.0 Å². The van der Waals surface area contributed by atoms with Crippen molar-refractivity contribution in [2.45, 2.75) is 36.6 Å². The summed E-state index contributed by atoms with van der Waals surface area (Å²) in [6.45, 7) is -3.70. The minimum atomic E-state index is -6.98. The SMILES string of the molecule is O[C@@H](COCC(F)(F)C(F)(F)C(F)(F)C(F)(F)F)Cn1c2ccccc2c2ccccc21. The molecule has 32 heavy (non-hydrogen) atoms. The second-order valence-electron chi connectivity index (χ2n) is 7.16. The van der Waals surface area contributed by atoms with Gasteiger partial charge < -0.3 is 14.4 Å². The van der Waals surface area contributed by atoms with E-state index < -0.39 is 43.3 Å². The van der Waals surface area contributed by atoms with E-state index >= 15 is 0 Å². The van der Waals surface area contributed by atoms with Gasteiger partial charge in [-0.15, -0.1) is 0 Å². The van der Waals surface area contributed by atoms with Crippen molar-refractivity contribution in [1.82, 2.24) is 4.57 Å². The number of alkyl halides is 9. The Balaban J connectivity index is 1.71. The number of para-hydroxylation sites is 2. The van der Waals surface area contributed by atoms with Gasteiger partial charge in [0.05, 0.1) is 19.3 Å². The van der Waals surface area contributed by atoms with Crippen LogP contribution in [-0.2, 0) is 11.3 Å². The van der Waals surface area contributed by atoms with Crippen molar-refractivity contribution >= 4 is 21.8 Å². The van der Waals surface area contributed by atoms with Gasteiger partial charge in [0.15, 0.2) is 0 Å². The smallest absolute Gasteiger partial charge is 0.389 e. The van der Waals surface area contributed by atoms with Crippen LogP contribution in [0.15, 0.2) is 48.5 Å². The first-order chi connectivity index (χ1) is 14.7. The van der Waals surface area contributed by atoms with Crippen LogP contribution in [0.2, 0.25) is 0 Å². The lowest BCUT2D eigenvalue weighted by Crippen LogP contribution is -2.62. The van der Waals surface area contributed by atoms with E-state index in [9.17, 15) is 44.6 Å². The first kappa shape index (κ1) is 24.2. The molecule has 0 radical (unpaired) electrons. The average Bonchev–Trinajstić information content (AvgIpc) is 3.01. The standard InChI is InChI=1S/C20H16F9NO2/c21-17(22,18(23,24)19(25,26)20(27,28)29)11-32-10-12(31)9-30-15-7-3-1-5-13(15)14-6-2-4-8-16(14)30/h1-8,12,31H,9-11H2/t12-/m1/s1. The lowest BCUT2D eigenvalue weighted by Gasteiger charge is -2.33. The van der Waals surface area contributed by atoms with E-state index in [0.717, 1.165) is 10.8 Å². The molecule has 0 fully saturated rings. The Labute approximate surface area is 175 Å². The van der Waals surface area contributed by atoms with Crippen LogP contribution in [-0.4, -0.2) is 52.9 Å². The fourth-order valence-electron chi connectivity index (χ4n) is 3.28. The molecule has 1 heterocycles. The van der Waals surface area contributed by atoms with Crippen LogP contribution in [0, 0.1) is 0 Å². The zero-order valence-corrected chi connectivity index (χ0v) is 16.0. The molecular formula is C20H16F9NO2. The molecule has 176 valence electrons. The number of nitrogens with zero attached hydrogens (tertiary/aromatic N) is 1. The normalized spacial score (nSPS) is 14.9. The van der Waals surface area contributed by atoms with Crippen molar-refractivity contribution in [2.24, 2.45) is 0 Å². The molecule has 3 nitrogen and oxygen atoms in total. The van der Waals surface area contributed by atoms with Gasteiger partial charge in [0.25, 0.3) is 0 Å². The maximum absolute atomic E-state index is 13.5. The molecule has 3 rings (SSSR count). The van der Waals surface area contributed by atoms with Crippen molar-refractivity contribution in [3.05, 3.63) is 48.5 Å². The lowest BCUT2D eigenvalue weighted by molar-refractivity contribution is -0.400. The molecule has 0 unspecified atom stereocenters. The zero-order chi connectivity index (χ0) is 23.9. The van der Waals surface area contributed by atoms with Gasteiger partial charge in [-0.3, -0.25) is 0 Å². The number of hydrogen-bond acceptors (Lipinski definition) is 2. The molecule has 2 aromatic carbocycles. The Morgan fingerprint density at radius 1 is 0.750 bits per heavy atom. The Bertz CT molecular complexity index is 1040. The summed E-state index contributed by atoms with van der Waals surface area (Å²) < 4.78 is 122. The minimum absolute atomic E-state index is 0.241. The van der Waals surface area contributed by atoms with E-state index in [1.165, 1.54) is 0 Å². The molecule has 1 atom stereocenters. The maximum atomic E-state index is 13.5. The number of fused-ring (bicyclic) bond motifs is 3. The summed E-state index contributed by atoms with van der Waals surface area (Å²) in [7, 11) is 0. The monoisotopic (exact) mass is 473 g/mol. The van der Waals surface area contributed by atoms with E-state index in [-0.39, 0.29) is 6.54 Å². The van der Waals surface area contributed by atoms with Crippen LogP contribution in [0.1, 0.15) is 0 Å². The number of hydrogen-bond donors (Lipinski definition) is 1. The maximum Gasteiger partial charge on any atom is 0.460 e. The van der Waals surface area contributed by atoms with Gasteiger partial charge in [0.1, 0.15) is 6.61 Å². The molecule has 12 heteroatoms. The third-order valence-corrected chi connectivity index (χ3v) is 4.88. The Morgan fingerprint density at radius 3 is 1.69 bits per heavy atom. The fraction of sp³-hybridized carbons (Fsp3) is 0.400. The second-order valence-corrected chi connectivity index (χ2v) is 7.16. The van der Waals surface area contributed by atoms with Gasteiger partial charge >= 0.3 is 23.9 Å². The quantitative estimate of drug-likeness (QED) is 0.430. The van der Waals surface area contributed by atoms with Gasteiger partial charge in [-0.2, -0.15) is 39.5 Å². The highest BCUT2D eigenvalue weighted by molar-refractivity contribution is 6.07. The van der Waals surface area contributed by atoms with Crippen LogP contribution >= 0.6 is 0 Å². The highest BCUT2D eigenvalue weighted by atomic mass is 19.4. The Morgan fingerprint density at radius 2 is 1.22 bits per heavy atom. The number of benzene rings is 2. The molecule has 0 amide bonds. The van der Waals surface area contributed by atoms with Gasteiger partial charge in [-0.05, 0) is 12.1 Å². The highest BCUT2D eigenvalue weighted by Crippen LogP contribution is 2.53. The number of aliphatic hydroxyl groups excluding tert-OH is 1. The second kappa shape index (κ2) is 8.14. The topological polar surface area (TPSA) is 34.4 Å². The van der Waals surface area contributed by atoms with Crippen molar-refractivity contribution in [1.29, 1.82) is 0 Å². The summed E-state index contributed by atoms with van der Waals surface area (Å²) in [5.41, 5.74) is 1.32. The van der Waals surface area contributed by atoms with Crippen LogP contribution < -0.4 is 0 Å². The van der Waals surface area contributed by atoms with Crippen molar-refractivity contribution in [2.75, 3.05) is 13.2 Å². The van der Waals surface area contributed by atoms with Crippen LogP contribution in [0.5, 0.6) is 0 Å². The summed E-state index contributed by atoms with van der Waals surface area (Å²) in [6, 6.07) is 14.0. The molecule has 3 aromatic rings. The minimum Gasteiger partial charge on any atom is -0.389 e. The molecule has 0 aliphatic rings. The molecule has 0 saturated heterocycles. The average molecular weight is 473 g/mol. The molecule has 0 aliphatic heterocycles. The predicted octanol–water partition coefficient (Wildman–Crippen LogP) is 5.64. The molecule has 0 saturated carbocycles. The van der Waals surface area contributed by atoms with Crippen LogP contribution in [0.4, 0.5) is 39.5 Å². The van der Waals surface area contributed by atoms with Crippen molar-refractivity contribution in [3.8, 4) is 0 Å². The lowest BCUT2D eigenvalue weighted by atomic mass is 10.0. The first-order valence-electron chi connectivity index (χ1n) is 9.12. The van der Waals surface area contributed by atoms with Crippen LogP contribution in [0.3, 0.4) is 0 Å². The molecular weight excluding hydrogens is 457 g/mol. The summed E-state index contributed by atoms with van der Waals surface area (Å²) in [6.07, 6.45) is -8.45. The van der Waals surface area contributed by atoms with Crippen molar-refractivity contribution in [3.63, 3.8) is 0 Å². The molecule has 0 aliphatic carbocycles. The van der Waals surface area contributed by atoms with E-state index in [2.05, 4.69) is 4.74 Å². The summed E-state index contributed by atoms with van der Waals surface area (Å²) in [5, 5.41) is 11.8. The highest BCUT2D eigenvalue weighted by Gasteiger charge is 2.81. The van der Waals surface area contributed by atoms with Crippen LogP contribution in [0.25, 0.3) is 21.8 Å². The largest absolute Gasteiger partial charge is 0.460 e. The third-order valence-electron chi connectivity index (χ3n) is 4.88. The van der Waals surface area contributed by atoms with Gasteiger partial charge in [-0.25, -0.2) is 0 Å². The predicted molar refractivity (Wildman–Crippen MR) is 97.2 cm³/mol. The van der Waals surface area contributed by atoms with E-state index in [1.54, 1.807) is 53.1 Å². The number of rotatable bonds is 8. The first-order valence-corrected chi connectivity index (χ1v) is 9.12. The summed E-state index contributed by atoms with van der Waals surface area (Å²) in [5.74, 6) is -19.6. The summed E-state index contributed by atoms with van der Waals surface area (Å²) >= 11 is 0. The van der Waals surface area contributed by atoms with Gasteiger partial charge in [0.2, 0.25) is 0 Å². The Kier molecular flexibility index (Phi) is 6.15. The van der Waals surface area contributed by atoms with E-state index in [4.69, 9.17) is 0 Å². The zero-order valence-electron chi connectivity index (χ0n) is 16.0. The number of aromatic nitrogens is 1. The molecule has 0 spiro atoms. The number of halogens is 9. The molecule has 0 bridgehead atoms. The summed E-state index contributed by atoms with van der Waals surface area (Å²) in [4.78, 5) is 0. The van der Waals surface area contributed by atoms with E-state index in [1.807, 2.05) is 0 Å².